The number of anilines is 1. The molecular formula is C18H20ClFN2O3S. The zero-order chi connectivity index (χ0) is 18.6. The van der Waals surface area contributed by atoms with Gasteiger partial charge >= 0.3 is 0 Å². The van der Waals surface area contributed by atoms with E-state index in [0.29, 0.717) is 37.0 Å². The van der Waals surface area contributed by atoms with Gasteiger partial charge in [-0.1, -0.05) is 23.7 Å². The summed E-state index contributed by atoms with van der Waals surface area (Å²) in [5, 5.41) is 0.663. The van der Waals surface area contributed by atoms with E-state index in [1.807, 2.05) is 24.3 Å². The van der Waals surface area contributed by atoms with Crippen molar-refractivity contribution in [2.45, 2.75) is 0 Å². The predicted octanol–water partition coefficient (Wildman–Crippen LogP) is 3.01. The Labute approximate surface area is 158 Å². The first-order valence-electron chi connectivity index (χ1n) is 8.31. The second-order valence-electron chi connectivity index (χ2n) is 5.96. The highest BCUT2D eigenvalue weighted by Crippen LogP contribution is 2.26. The van der Waals surface area contributed by atoms with Crippen molar-refractivity contribution >= 4 is 27.3 Å². The van der Waals surface area contributed by atoms with Gasteiger partial charge in [-0.2, -0.15) is 4.31 Å². The molecule has 2 aromatic carbocycles. The Hall–Kier alpha value is -1.83. The van der Waals surface area contributed by atoms with Gasteiger partial charge in [-0.05, 0) is 36.4 Å². The number of halogens is 2. The SMILES string of the molecule is O=S(=O)(CCOc1ccc(F)cc1)N1CCN(c2ccccc2Cl)CC1. The Morgan fingerprint density at radius 1 is 1.00 bits per heavy atom. The van der Waals surface area contributed by atoms with Gasteiger partial charge < -0.3 is 9.64 Å². The number of ether oxygens (including phenoxy) is 1. The molecule has 0 aliphatic carbocycles. The highest BCUT2D eigenvalue weighted by molar-refractivity contribution is 7.89. The van der Waals surface area contributed by atoms with Crippen molar-refractivity contribution in [1.29, 1.82) is 0 Å². The number of nitrogens with zero attached hydrogens (tertiary/aromatic N) is 2. The smallest absolute Gasteiger partial charge is 0.217 e. The van der Waals surface area contributed by atoms with Crippen molar-refractivity contribution < 1.29 is 17.5 Å². The van der Waals surface area contributed by atoms with Gasteiger partial charge in [0.25, 0.3) is 0 Å². The normalized spacial score (nSPS) is 15.8. The lowest BCUT2D eigenvalue weighted by Gasteiger charge is -2.35. The predicted molar refractivity (Wildman–Crippen MR) is 101 cm³/mol. The summed E-state index contributed by atoms with van der Waals surface area (Å²) >= 11 is 6.21. The molecule has 1 saturated heterocycles. The number of sulfonamides is 1. The van der Waals surface area contributed by atoms with Crippen molar-refractivity contribution in [1.82, 2.24) is 4.31 Å². The van der Waals surface area contributed by atoms with Gasteiger partial charge in [-0.15, -0.1) is 0 Å². The molecule has 1 fully saturated rings. The second kappa shape index (κ2) is 8.24. The van der Waals surface area contributed by atoms with E-state index in [1.54, 1.807) is 0 Å². The van der Waals surface area contributed by atoms with E-state index in [2.05, 4.69) is 4.90 Å². The van der Waals surface area contributed by atoms with Crippen LogP contribution in [0.25, 0.3) is 0 Å². The summed E-state index contributed by atoms with van der Waals surface area (Å²) in [6.07, 6.45) is 0. The van der Waals surface area contributed by atoms with Gasteiger partial charge in [0.15, 0.2) is 0 Å². The van der Waals surface area contributed by atoms with Crippen LogP contribution in [0.5, 0.6) is 5.75 Å². The Balaban J connectivity index is 1.51. The van der Waals surface area contributed by atoms with Crippen molar-refractivity contribution in [3.63, 3.8) is 0 Å². The Kier molecular flexibility index (Phi) is 6.01. The van der Waals surface area contributed by atoms with E-state index in [0.717, 1.165) is 5.69 Å². The molecule has 0 saturated carbocycles. The van der Waals surface area contributed by atoms with Crippen LogP contribution in [-0.2, 0) is 10.0 Å². The molecule has 0 aromatic heterocycles. The molecule has 5 nitrogen and oxygen atoms in total. The first-order chi connectivity index (χ1) is 12.5. The van der Waals surface area contributed by atoms with E-state index in [9.17, 15) is 12.8 Å². The standard InChI is InChI=1S/C18H20ClFN2O3S/c19-17-3-1-2-4-18(17)21-9-11-22(12-10-21)26(23,24)14-13-25-16-7-5-15(20)6-8-16/h1-8H,9-14H2. The van der Waals surface area contributed by atoms with E-state index in [4.69, 9.17) is 16.3 Å². The average molecular weight is 399 g/mol. The molecule has 0 N–H and O–H groups in total. The van der Waals surface area contributed by atoms with Crippen LogP contribution in [0, 0.1) is 5.82 Å². The summed E-state index contributed by atoms with van der Waals surface area (Å²) in [6.45, 7) is 2.01. The maximum atomic E-state index is 12.8. The molecule has 26 heavy (non-hydrogen) atoms. The topological polar surface area (TPSA) is 49.9 Å². The summed E-state index contributed by atoms with van der Waals surface area (Å²) in [4.78, 5) is 2.09. The average Bonchev–Trinajstić information content (AvgIpc) is 2.64. The molecule has 1 aliphatic rings. The van der Waals surface area contributed by atoms with Gasteiger partial charge in [-0.3, -0.25) is 0 Å². The fourth-order valence-electron chi connectivity index (χ4n) is 2.84. The van der Waals surface area contributed by atoms with E-state index in [1.165, 1.54) is 28.6 Å². The van der Waals surface area contributed by atoms with Crippen molar-refractivity contribution in [3.05, 3.63) is 59.4 Å². The Morgan fingerprint density at radius 2 is 1.65 bits per heavy atom. The molecule has 1 aliphatic heterocycles. The van der Waals surface area contributed by atoms with Crippen LogP contribution in [0.15, 0.2) is 48.5 Å². The lowest BCUT2D eigenvalue weighted by molar-refractivity contribution is 0.330. The minimum Gasteiger partial charge on any atom is -0.492 e. The minimum atomic E-state index is -3.40. The highest BCUT2D eigenvalue weighted by Gasteiger charge is 2.27. The molecule has 0 atom stereocenters. The van der Waals surface area contributed by atoms with Crippen LogP contribution in [0.4, 0.5) is 10.1 Å². The number of para-hydroxylation sites is 1. The lowest BCUT2D eigenvalue weighted by atomic mass is 10.2. The molecule has 0 amide bonds. The summed E-state index contributed by atoms with van der Waals surface area (Å²) in [6, 6.07) is 13.0. The summed E-state index contributed by atoms with van der Waals surface area (Å²) in [7, 11) is -3.40. The summed E-state index contributed by atoms with van der Waals surface area (Å²) in [5.41, 5.74) is 0.922. The van der Waals surface area contributed by atoms with Crippen LogP contribution in [-0.4, -0.2) is 51.3 Å². The molecule has 140 valence electrons. The molecule has 2 aromatic rings. The molecule has 3 rings (SSSR count). The lowest BCUT2D eigenvalue weighted by Crippen LogP contribution is -2.49. The quantitative estimate of drug-likeness (QED) is 0.750. The van der Waals surface area contributed by atoms with Gasteiger partial charge in [0.05, 0.1) is 16.5 Å². The van der Waals surface area contributed by atoms with Crippen molar-refractivity contribution in [2.24, 2.45) is 0 Å². The maximum Gasteiger partial charge on any atom is 0.217 e. The minimum absolute atomic E-state index is 0.0265. The number of hydrogen-bond donors (Lipinski definition) is 0. The summed E-state index contributed by atoms with van der Waals surface area (Å²) in [5.74, 6) is -0.0253. The van der Waals surface area contributed by atoms with E-state index in [-0.39, 0.29) is 18.2 Å². The van der Waals surface area contributed by atoms with Crippen molar-refractivity contribution in [2.75, 3.05) is 43.4 Å². The Morgan fingerprint density at radius 3 is 2.31 bits per heavy atom. The summed E-state index contributed by atoms with van der Waals surface area (Å²) < 4.78 is 44.7. The molecule has 8 heteroatoms. The molecule has 0 spiro atoms. The molecule has 0 radical (unpaired) electrons. The van der Waals surface area contributed by atoms with Gasteiger partial charge in [-0.25, -0.2) is 12.8 Å². The zero-order valence-corrected chi connectivity index (χ0v) is 15.7. The highest BCUT2D eigenvalue weighted by atomic mass is 35.5. The maximum absolute atomic E-state index is 12.8. The largest absolute Gasteiger partial charge is 0.492 e. The third-order valence-electron chi connectivity index (χ3n) is 4.25. The van der Waals surface area contributed by atoms with Crippen LogP contribution >= 0.6 is 11.6 Å². The van der Waals surface area contributed by atoms with Crippen LogP contribution in [0.1, 0.15) is 0 Å². The first-order valence-corrected chi connectivity index (χ1v) is 10.3. The first kappa shape index (κ1) is 18.9. The number of hydrogen-bond acceptors (Lipinski definition) is 4. The van der Waals surface area contributed by atoms with Crippen LogP contribution in [0.3, 0.4) is 0 Å². The van der Waals surface area contributed by atoms with E-state index >= 15 is 0 Å². The van der Waals surface area contributed by atoms with Gasteiger partial charge in [0.1, 0.15) is 18.2 Å². The van der Waals surface area contributed by atoms with Crippen LogP contribution < -0.4 is 9.64 Å². The fraction of sp³-hybridized carbons (Fsp3) is 0.333. The van der Waals surface area contributed by atoms with E-state index < -0.39 is 10.0 Å². The number of benzene rings is 2. The molecule has 0 bridgehead atoms. The van der Waals surface area contributed by atoms with Crippen molar-refractivity contribution in [3.8, 4) is 5.75 Å². The zero-order valence-electron chi connectivity index (χ0n) is 14.1. The molecule has 0 unspecified atom stereocenters. The number of piperazine rings is 1. The third kappa shape index (κ3) is 4.66. The Bertz CT molecular complexity index is 838. The molecule has 1 heterocycles. The van der Waals surface area contributed by atoms with Gasteiger partial charge in [0, 0.05) is 26.2 Å². The molecular weight excluding hydrogens is 379 g/mol. The second-order valence-corrected chi connectivity index (χ2v) is 8.45. The fourth-order valence-corrected chi connectivity index (χ4v) is 4.37. The van der Waals surface area contributed by atoms with Crippen LogP contribution in [0.2, 0.25) is 5.02 Å². The van der Waals surface area contributed by atoms with Gasteiger partial charge in [0.2, 0.25) is 10.0 Å². The third-order valence-corrected chi connectivity index (χ3v) is 6.40. The number of rotatable bonds is 6. The monoisotopic (exact) mass is 398 g/mol.